The lowest BCUT2D eigenvalue weighted by molar-refractivity contribution is 0.125. The van der Waals surface area contributed by atoms with Gasteiger partial charge in [-0.1, -0.05) is 43.1 Å². The molecule has 0 amide bonds. The van der Waals surface area contributed by atoms with Gasteiger partial charge in [-0.05, 0) is 30.0 Å². The Balaban J connectivity index is 2.11. The van der Waals surface area contributed by atoms with Crippen LogP contribution in [0.1, 0.15) is 25.8 Å². The highest BCUT2D eigenvalue weighted by molar-refractivity contribution is 6.35. The summed E-state index contributed by atoms with van der Waals surface area (Å²) in [4.78, 5) is 0. The van der Waals surface area contributed by atoms with Gasteiger partial charge in [-0.15, -0.1) is 0 Å². The second-order valence-corrected chi connectivity index (χ2v) is 5.55. The van der Waals surface area contributed by atoms with Crippen molar-refractivity contribution < 1.29 is 4.74 Å². The smallest absolute Gasteiger partial charge is 0.0591 e. The van der Waals surface area contributed by atoms with E-state index in [1.165, 1.54) is 0 Å². The summed E-state index contributed by atoms with van der Waals surface area (Å²) in [6.45, 7) is 7.54. The average Bonchev–Trinajstić information content (AvgIpc) is 2.30. The lowest BCUT2D eigenvalue weighted by atomic mass is 10.1. The number of nitrogens with one attached hydrogen (secondary N) is 1. The van der Waals surface area contributed by atoms with Gasteiger partial charge < -0.3 is 10.1 Å². The minimum atomic E-state index is 0.667. The van der Waals surface area contributed by atoms with E-state index in [0.717, 1.165) is 38.3 Å². The van der Waals surface area contributed by atoms with E-state index in [9.17, 15) is 0 Å². The van der Waals surface area contributed by atoms with Gasteiger partial charge in [-0.2, -0.15) is 0 Å². The van der Waals surface area contributed by atoms with Crippen molar-refractivity contribution in [3.05, 3.63) is 33.8 Å². The first kappa shape index (κ1) is 15.8. The van der Waals surface area contributed by atoms with Crippen LogP contribution < -0.4 is 5.32 Å². The summed E-state index contributed by atoms with van der Waals surface area (Å²) >= 11 is 11.9. The van der Waals surface area contributed by atoms with Gasteiger partial charge in [0, 0.05) is 29.7 Å². The minimum Gasteiger partial charge on any atom is -0.380 e. The fourth-order valence-electron chi connectivity index (χ4n) is 1.45. The molecule has 1 rings (SSSR count). The highest BCUT2D eigenvalue weighted by atomic mass is 35.5. The van der Waals surface area contributed by atoms with Crippen molar-refractivity contribution in [2.75, 3.05) is 19.8 Å². The van der Waals surface area contributed by atoms with Crippen LogP contribution in [-0.4, -0.2) is 19.8 Å². The van der Waals surface area contributed by atoms with Crippen molar-refractivity contribution in [1.29, 1.82) is 0 Å². The molecule has 0 atom stereocenters. The van der Waals surface area contributed by atoms with E-state index in [-0.39, 0.29) is 0 Å². The third kappa shape index (κ3) is 6.60. The zero-order valence-corrected chi connectivity index (χ0v) is 12.5. The van der Waals surface area contributed by atoms with Gasteiger partial charge in [0.25, 0.3) is 0 Å². The lowest BCUT2D eigenvalue weighted by Gasteiger charge is -2.08. The quantitative estimate of drug-likeness (QED) is 0.726. The maximum Gasteiger partial charge on any atom is 0.0591 e. The number of benzene rings is 1. The van der Waals surface area contributed by atoms with Gasteiger partial charge in [0.2, 0.25) is 0 Å². The molecule has 0 heterocycles. The summed E-state index contributed by atoms with van der Waals surface area (Å²) in [6, 6.07) is 5.56. The van der Waals surface area contributed by atoms with E-state index in [1.807, 2.05) is 12.1 Å². The Morgan fingerprint density at radius 1 is 1.22 bits per heavy atom. The van der Waals surface area contributed by atoms with Crippen molar-refractivity contribution in [3.8, 4) is 0 Å². The van der Waals surface area contributed by atoms with Gasteiger partial charge in [-0.25, -0.2) is 0 Å². The van der Waals surface area contributed by atoms with E-state index < -0.39 is 0 Å². The standard InChI is InChI=1S/C14H21Cl2NO/c1-11(2)5-7-18-8-6-17-10-12-3-4-13(15)9-14(12)16/h3-4,9,11,17H,5-8,10H2,1-2H3. The molecule has 1 aromatic rings. The van der Waals surface area contributed by atoms with Gasteiger partial charge in [0.15, 0.2) is 0 Å². The average molecular weight is 290 g/mol. The summed E-state index contributed by atoms with van der Waals surface area (Å²) in [5.74, 6) is 0.700. The van der Waals surface area contributed by atoms with Gasteiger partial charge in [0.1, 0.15) is 0 Å². The molecule has 0 aliphatic heterocycles. The van der Waals surface area contributed by atoms with Gasteiger partial charge >= 0.3 is 0 Å². The Morgan fingerprint density at radius 2 is 2.00 bits per heavy atom. The molecule has 0 aromatic heterocycles. The van der Waals surface area contributed by atoms with Crippen LogP contribution in [0, 0.1) is 5.92 Å². The number of rotatable bonds is 8. The van der Waals surface area contributed by atoms with Crippen LogP contribution in [0.15, 0.2) is 18.2 Å². The van der Waals surface area contributed by atoms with Crippen molar-refractivity contribution in [3.63, 3.8) is 0 Å². The highest BCUT2D eigenvalue weighted by Gasteiger charge is 2.00. The van der Waals surface area contributed by atoms with Crippen molar-refractivity contribution >= 4 is 23.2 Å². The molecule has 0 saturated heterocycles. The molecule has 102 valence electrons. The molecule has 0 bridgehead atoms. The zero-order valence-electron chi connectivity index (χ0n) is 11.0. The fourth-order valence-corrected chi connectivity index (χ4v) is 1.93. The summed E-state index contributed by atoms with van der Waals surface area (Å²) in [5, 5.41) is 4.67. The molecule has 0 spiro atoms. The first-order chi connectivity index (χ1) is 8.59. The fraction of sp³-hybridized carbons (Fsp3) is 0.571. The first-order valence-electron chi connectivity index (χ1n) is 6.32. The predicted octanol–water partition coefficient (Wildman–Crippen LogP) is 4.15. The largest absolute Gasteiger partial charge is 0.380 e. The van der Waals surface area contributed by atoms with Crippen LogP contribution in [0.3, 0.4) is 0 Å². The molecular weight excluding hydrogens is 269 g/mol. The first-order valence-corrected chi connectivity index (χ1v) is 7.07. The second kappa shape index (κ2) is 8.76. The molecule has 0 saturated carbocycles. The van der Waals surface area contributed by atoms with Crippen LogP contribution in [0.4, 0.5) is 0 Å². The van der Waals surface area contributed by atoms with Crippen LogP contribution >= 0.6 is 23.2 Å². The Labute approximate surface area is 120 Å². The number of hydrogen-bond donors (Lipinski definition) is 1. The number of halogens is 2. The van der Waals surface area contributed by atoms with Crippen LogP contribution in [0.25, 0.3) is 0 Å². The van der Waals surface area contributed by atoms with E-state index in [2.05, 4.69) is 19.2 Å². The van der Waals surface area contributed by atoms with Crippen molar-refractivity contribution in [2.24, 2.45) is 5.92 Å². The molecule has 0 unspecified atom stereocenters. The lowest BCUT2D eigenvalue weighted by Crippen LogP contribution is -2.19. The second-order valence-electron chi connectivity index (χ2n) is 4.71. The third-order valence-corrected chi connectivity index (χ3v) is 3.18. The maximum atomic E-state index is 6.07. The number of ether oxygens (including phenoxy) is 1. The zero-order chi connectivity index (χ0) is 13.4. The van der Waals surface area contributed by atoms with E-state index in [0.29, 0.717) is 16.0 Å². The predicted molar refractivity (Wildman–Crippen MR) is 78.4 cm³/mol. The molecule has 0 aliphatic carbocycles. The van der Waals surface area contributed by atoms with Crippen molar-refractivity contribution in [1.82, 2.24) is 5.32 Å². The van der Waals surface area contributed by atoms with Gasteiger partial charge in [0.05, 0.1) is 6.61 Å². The van der Waals surface area contributed by atoms with Crippen molar-refractivity contribution in [2.45, 2.75) is 26.8 Å². The van der Waals surface area contributed by atoms with E-state index >= 15 is 0 Å². The topological polar surface area (TPSA) is 21.3 Å². The Kier molecular flexibility index (Phi) is 7.68. The van der Waals surface area contributed by atoms with E-state index in [4.69, 9.17) is 27.9 Å². The molecule has 0 radical (unpaired) electrons. The van der Waals surface area contributed by atoms with Crippen LogP contribution in [0.2, 0.25) is 10.0 Å². The molecule has 0 aliphatic rings. The molecule has 1 N–H and O–H groups in total. The summed E-state index contributed by atoms with van der Waals surface area (Å²) in [6.07, 6.45) is 1.11. The molecule has 0 fully saturated rings. The van der Waals surface area contributed by atoms with Gasteiger partial charge in [-0.3, -0.25) is 0 Å². The Bertz CT molecular complexity index is 356. The minimum absolute atomic E-state index is 0.667. The molecule has 1 aromatic carbocycles. The Morgan fingerprint density at radius 3 is 2.67 bits per heavy atom. The molecule has 2 nitrogen and oxygen atoms in total. The molecular formula is C14H21Cl2NO. The third-order valence-electron chi connectivity index (χ3n) is 2.59. The Hall–Kier alpha value is -0.280. The summed E-state index contributed by atoms with van der Waals surface area (Å²) in [7, 11) is 0. The summed E-state index contributed by atoms with van der Waals surface area (Å²) < 4.78 is 5.52. The van der Waals surface area contributed by atoms with E-state index in [1.54, 1.807) is 6.07 Å². The van der Waals surface area contributed by atoms with Crippen LogP contribution in [-0.2, 0) is 11.3 Å². The highest BCUT2D eigenvalue weighted by Crippen LogP contribution is 2.20. The maximum absolute atomic E-state index is 6.07. The number of hydrogen-bond acceptors (Lipinski definition) is 2. The molecule has 18 heavy (non-hydrogen) atoms. The summed E-state index contributed by atoms with van der Waals surface area (Å²) in [5.41, 5.74) is 1.06. The van der Waals surface area contributed by atoms with Crippen LogP contribution in [0.5, 0.6) is 0 Å². The molecule has 4 heteroatoms. The SMILES string of the molecule is CC(C)CCOCCNCc1ccc(Cl)cc1Cl. The monoisotopic (exact) mass is 289 g/mol. The normalized spacial score (nSPS) is 11.2.